The topological polar surface area (TPSA) is 54.0 Å². The first kappa shape index (κ1) is 55.4. The Morgan fingerprint density at radius 1 is 0.175 bits per heavy atom. The van der Waals surface area contributed by atoms with Gasteiger partial charge in [0.05, 0.1) is 22.8 Å². The molecule has 4 nitrogen and oxygen atoms in total. The SMILES string of the molecule is [Pt+2].c1ccc2cc(-c3c4nc(c(-c5ccc6ccccc6c5)c5[n-]c(c(-c6ccc7ccccc7c6)c6nc(c(-c7ccc8ccccc8c7)c7[n-]c3c3cc8ccccc8cc73)-c3cc7ccccc7cc3-6)c3cc6ccccc6cc53)-c3cc5ccccc5cc3-4)ccc2c1. The molecule has 1 aliphatic carbocycles. The van der Waals surface area contributed by atoms with Gasteiger partial charge in [-0.05, 0) is 225 Å². The molecule has 21 rings (SSSR count). The largest absolute Gasteiger partial charge is 2.00 e. The number of hydrogen-bond acceptors (Lipinski definition) is 2. The van der Waals surface area contributed by atoms with Crippen LogP contribution in [-0.2, 0) is 21.1 Å². The van der Waals surface area contributed by atoms with Crippen molar-refractivity contribution in [3.05, 3.63) is 315 Å². The Labute approximate surface area is 571 Å². The summed E-state index contributed by atoms with van der Waals surface area (Å²) < 4.78 is 0. The maximum atomic E-state index is 6.35. The number of aromatic nitrogens is 4. The Hall–Kier alpha value is -12.1. The van der Waals surface area contributed by atoms with Gasteiger partial charge < -0.3 is 9.97 Å². The summed E-state index contributed by atoms with van der Waals surface area (Å²) in [4.78, 5) is 25.4. The molecule has 2 aromatic heterocycles. The van der Waals surface area contributed by atoms with E-state index in [1.54, 1.807) is 0 Å². The molecular formula is C92H52N4Pt. The van der Waals surface area contributed by atoms with E-state index in [0.717, 1.165) is 219 Å². The van der Waals surface area contributed by atoms with Crippen molar-refractivity contribution in [1.82, 2.24) is 19.9 Å². The van der Waals surface area contributed by atoms with E-state index in [9.17, 15) is 0 Å². The van der Waals surface area contributed by atoms with Crippen molar-refractivity contribution in [3.8, 4) is 89.5 Å². The summed E-state index contributed by atoms with van der Waals surface area (Å²) in [7, 11) is 0. The Balaban J connectivity index is 0.00000641. The molecule has 5 heteroatoms. The predicted octanol–water partition coefficient (Wildman–Crippen LogP) is 24.4. The first-order valence-electron chi connectivity index (χ1n) is 33.0. The van der Waals surface area contributed by atoms with Crippen LogP contribution in [0, 0.1) is 0 Å². The monoisotopic (exact) mass is 1410 g/mol. The molecule has 0 unspecified atom stereocenters. The minimum absolute atomic E-state index is 0. The van der Waals surface area contributed by atoms with E-state index in [1.165, 1.54) is 0 Å². The second-order valence-electron chi connectivity index (χ2n) is 26.0. The number of fused-ring (bicyclic) bond motifs is 8. The van der Waals surface area contributed by atoms with Gasteiger partial charge in [-0.2, -0.15) is 0 Å². The van der Waals surface area contributed by atoms with Crippen molar-refractivity contribution in [1.29, 1.82) is 0 Å². The van der Waals surface area contributed by atoms with Gasteiger partial charge in [0.1, 0.15) is 0 Å². The van der Waals surface area contributed by atoms with E-state index in [-0.39, 0.29) is 21.1 Å². The molecule has 0 spiro atoms. The van der Waals surface area contributed by atoms with Crippen LogP contribution in [0.15, 0.2) is 315 Å². The number of hydrogen-bond donors (Lipinski definition) is 0. The van der Waals surface area contributed by atoms with Gasteiger partial charge in [0.2, 0.25) is 0 Å². The number of rotatable bonds is 4. The summed E-state index contributed by atoms with van der Waals surface area (Å²) in [6.45, 7) is 0. The van der Waals surface area contributed by atoms with Crippen molar-refractivity contribution in [2.75, 3.05) is 0 Å². The standard InChI is InChI=1S/C92H52N4.Pt/c1-5-21-57-41-69(37-33-53(57)17-1)81-85-73-45-61-25-9-11-27-63(61)47-75(73)87(93-85)82(70-38-34-54-18-2-6-22-58(54)42-70)89-77-49-65-29-13-15-31-67(65)51-79(77)91(95-89)84(72-40-36-56-20-4-8-24-60(56)44-72)92-80-52-68-32-16-14-30-66(68)50-78(80)90(96-92)83(71-39-35-55-19-3-7-23-59(55)43-71)88-76-48-64-28-12-10-26-62(64)46-74(76)86(81)94-88;/h1-52H;/q-2;+2. The molecule has 8 bridgehead atoms. The first-order valence-corrected chi connectivity index (χ1v) is 33.0. The first-order chi connectivity index (χ1) is 47.5. The molecule has 0 atom stereocenters. The van der Waals surface area contributed by atoms with Crippen LogP contribution in [0.1, 0.15) is 0 Å². The quantitative estimate of drug-likeness (QED) is 0.176. The molecule has 3 aliphatic rings. The van der Waals surface area contributed by atoms with E-state index >= 15 is 0 Å². The second-order valence-corrected chi connectivity index (χ2v) is 26.0. The zero-order valence-electron chi connectivity index (χ0n) is 52.1. The van der Waals surface area contributed by atoms with E-state index in [0.29, 0.717) is 0 Å². The van der Waals surface area contributed by atoms with Gasteiger partial charge in [-0.25, -0.2) is 9.97 Å². The Morgan fingerprint density at radius 2 is 0.351 bits per heavy atom. The molecule has 0 N–H and O–H groups in total. The molecule has 97 heavy (non-hydrogen) atoms. The van der Waals surface area contributed by atoms with E-state index in [4.69, 9.17) is 19.9 Å². The zero-order chi connectivity index (χ0) is 62.7. The summed E-state index contributed by atoms with van der Waals surface area (Å²) in [5, 5.41) is 22.2. The van der Waals surface area contributed by atoms with Gasteiger partial charge >= 0.3 is 21.1 Å². The molecule has 0 fully saturated rings. The fourth-order valence-corrected chi connectivity index (χ4v) is 15.9. The molecule has 0 amide bonds. The molecule has 16 aromatic carbocycles. The van der Waals surface area contributed by atoms with Gasteiger partial charge in [-0.3, -0.25) is 0 Å². The second kappa shape index (κ2) is 21.5. The van der Waals surface area contributed by atoms with Crippen molar-refractivity contribution in [2.45, 2.75) is 0 Å². The van der Waals surface area contributed by atoms with Gasteiger partial charge in [-0.1, -0.05) is 243 Å². The molecule has 0 saturated heterocycles. The number of nitrogens with zero attached hydrogens (tertiary/aromatic N) is 4. The molecular weight excluding hydrogens is 1360 g/mol. The van der Waals surface area contributed by atoms with Gasteiger partial charge in [0.25, 0.3) is 0 Å². The van der Waals surface area contributed by atoms with Gasteiger partial charge in [-0.15, -0.1) is 22.1 Å². The molecule has 0 saturated carbocycles. The van der Waals surface area contributed by atoms with Crippen LogP contribution in [0.2, 0.25) is 0 Å². The molecule has 2 aliphatic heterocycles. The average Bonchev–Trinajstić information content (AvgIpc) is 1.56. The third-order valence-electron chi connectivity index (χ3n) is 20.5. The zero-order valence-corrected chi connectivity index (χ0v) is 54.4. The van der Waals surface area contributed by atoms with Crippen LogP contribution in [-0.4, -0.2) is 9.97 Å². The molecule has 18 aromatic rings. The third-order valence-corrected chi connectivity index (χ3v) is 20.5. The fraction of sp³-hybridized carbons (Fsp3) is 0. The van der Waals surface area contributed by atoms with Crippen molar-refractivity contribution < 1.29 is 21.1 Å². The molecule has 450 valence electrons. The maximum Gasteiger partial charge on any atom is 2.00 e. The minimum atomic E-state index is 0. The van der Waals surface area contributed by atoms with Crippen molar-refractivity contribution in [3.63, 3.8) is 0 Å². The fourth-order valence-electron chi connectivity index (χ4n) is 15.9. The summed E-state index contributed by atoms with van der Waals surface area (Å²) in [5.74, 6) is 0. The number of benzene rings is 16. The minimum Gasteiger partial charge on any atom is -0.656 e. The van der Waals surface area contributed by atoms with Crippen LogP contribution in [0.5, 0.6) is 0 Å². The van der Waals surface area contributed by atoms with Crippen LogP contribution in [0.25, 0.3) is 219 Å². The van der Waals surface area contributed by atoms with Crippen LogP contribution >= 0.6 is 0 Å². The Morgan fingerprint density at radius 3 is 0.557 bits per heavy atom. The van der Waals surface area contributed by atoms with E-state index in [1.807, 2.05) is 0 Å². The van der Waals surface area contributed by atoms with Gasteiger partial charge in [0, 0.05) is 22.3 Å². The van der Waals surface area contributed by atoms with Crippen LogP contribution < -0.4 is 9.97 Å². The summed E-state index contributed by atoms with van der Waals surface area (Å²) in [5.41, 5.74) is 18.6. The molecule has 4 heterocycles. The van der Waals surface area contributed by atoms with Gasteiger partial charge in [0.15, 0.2) is 0 Å². The maximum absolute atomic E-state index is 6.35. The molecule has 0 radical (unpaired) electrons. The van der Waals surface area contributed by atoms with E-state index in [2.05, 4.69) is 315 Å². The summed E-state index contributed by atoms with van der Waals surface area (Å²) >= 11 is 0. The van der Waals surface area contributed by atoms with E-state index < -0.39 is 0 Å². The normalized spacial score (nSPS) is 12.0. The average molecular weight is 1410 g/mol. The van der Waals surface area contributed by atoms with Crippen LogP contribution in [0.4, 0.5) is 0 Å². The van der Waals surface area contributed by atoms with Crippen molar-refractivity contribution in [2.24, 2.45) is 0 Å². The summed E-state index contributed by atoms with van der Waals surface area (Å²) in [6, 6.07) is 116. The Kier molecular flexibility index (Phi) is 12.3. The van der Waals surface area contributed by atoms with Crippen LogP contribution in [0.3, 0.4) is 0 Å². The van der Waals surface area contributed by atoms with Crippen molar-refractivity contribution >= 4 is 130 Å². The summed E-state index contributed by atoms with van der Waals surface area (Å²) in [6.07, 6.45) is 0. The predicted molar refractivity (Wildman–Crippen MR) is 405 cm³/mol. The third kappa shape index (κ3) is 8.60. The smallest absolute Gasteiger partial charge is 0.656 e. The Bertz CT molecular complexity index is 6040.